The van der Waals surface area contributed by atoms with Gasteiger partial charge in [-0.2, -0.15) is 0 Å². The summed E-state index contributed by atoms with van der Waals surface area (Å²) in [7, 11) is 4.02. The molecular weight excluding hydrogens is 492 g/mol. The second kappa shape index (κ2) is 10.6. The fourth-order valence-corrected chi connectivity index (χ4v) is 4.20. The zero-order valence-electron chi connectivity index (χ0n) is 19.1. The molecule has 0 aliphatic carbocycles. The lowest BCUT2D eigenvalue weighted by Crippen LogP contribution is -2.38. The molecule has 4 aromatic rings. The summed E-state index contributed by atoms with van der Waals surface area (Å²) in [5.74, 6) is -0.561. The number of aromatic nitrogens is 1. The Labute approximate surface area is 207 Å². The van der Waals surface area contributed by atoms with E-state index in [4.69, 9.17) is 0 Å². The SMILES string of the molecule is CN(C)c1ccc([C@@H](CNC(=O)CNC(=O)c2ccc(Br)cc2)c2c[nH]c3ccccc23)cc1. The highest BCUT2D eigenvalue weighted by Crippen LogP contribution is 2.31. The monoisotopic (exact) mass is 518 g/mol. The van der Waals surface area contributed by atoms with Crippen molar-refractivity contribution in [3.63, 3.8) is 0 Å². The Morgan fingerprint density at radius 1 is 0.941 bits per heavy atom. The Balaban J connectivity index is 1.47. The number of fused-ring (bicyclic) bond motifs is 1. The van der Waals surface area contributed by atoms with Gasteiger partial charge < -0.3 is 20.5 Å². The predicted molar refractivity (Wildman–Crippen MR) is 140 cm³/mol. The van der Waals surface area contributed by atoms with E-state index in [2.05, 4.69) is 66.8 Å². The third kappa shape index (κ3) is 5.48. The van der Waals surface area contributed by atoms with Crippen molar-refractivity contribution in [1.29, 1.82) is 0 Å². The van der Waals surface area contributed by atoms with Crippen LogP contribution < -0.4 is 15.5 Å². The van der Waals surface area contributed by atoms with Crippen molar-refractivity contribution in [1.82, 2.24) is 15.6 Å². The molecule has 7 heteroatoms. The fourth-order valence-electron chi connectivity index (χ4n) is 3.94. The maximum Gasteiger partial charge on any atom is 0.251 e. The molecule has 0 unspecified atom stereocenters. The second-order valence-corrected chi connectivity index (χ2v) is 9.24. The molecule has 0 radical (unpaired) electrons. The quantitative estimate of drug-likeness (QED) is 0.317. The first-order valence-corrected chi connectivity index (χ1v) is 11.9. The van der Waals surface area contributed by atoms with Crippen LogP contribution in [0.3, 0.4) is 0 Å². The number of hydrogen-bond acceptors (Lipinski definition) is 3. The van der Waals surface area contributed by atoms with E-state index in [9.17, 15) is 9.59 Å². The summed E-state index contributed by atoms with van der Waals surface area (Å²) in [6.45, 7) is 0.325. The number of nitrogens with one attached hydrogen (secondary N) is 3. The van der Waals surface area contributed by atoms with Gasteiger partial charge in [-0.05, 0) is 53.6 Å². The zero-order chi connectivity index (χ0) is 24.1. The normalized spacial score (nSPS) is 11.7. The van der Waals surface area contributed by atoms with Crippen LogP contribution in [0, 0.1) is 0 Å². The highest BCUT2D eigenvalue weighted by atomic mass is 79.9. The number of nitrogens with zero attached hydrogens (tertiary/aromatic N) is 1. The third-order valence-electron chi connectivity index (χ3n) is 5.83. The van der Waals surface area contributed by atoms with E-state index in [0.29, 0.717) is 12.1 Å². The minimum Gasteiger partial charge on any atom is -0.378 e. The fraction of sp³-hybridized carbons (Fsp3) is 0.185. The summed E-state index contributed by atoms with van der Waals surface area (Å²) in [5.41, 5.74) is 4.90. The van der Waals surface area contributed by atoms with Crippen LogP contribution in [0.2, 0.25) is 0 Å². The lowest BCUT2D eigenvalue weighted by Gasteiger charge is -2.20. The van der Waals surface area contributed by atoms with E-state index in [-0.39, 0.29) is 24.3 Å². The average molecular weight is 519 g/mol. The van der Waals surface area contributed by atoms with Crippen LogP contribution in [0.1, 0.15) is 27.4 Å². The van der Waals surface area contributed by atoms with Crippen molar-refractivity contribution in [2.75, 3.05) is 32.1 Å². The van der Waals surface area contributed by atoms with E-state index in [1.54, 1.807) is 24.3 Å². The van der Waals surface area contributed by atoms with Gasteiger partial charge in [0.2, 0.25) is 5.91 Å². The number of para-hydroxylation sites is 1. The van der Waals surface area contributed by atoms with Crippen LogP contribution in [0.25, 0.3) is 10.9 Å². The standard InChI is InChI=1S/C27H27BrN4O2/c1-32(2)21-13-9-18(10-14-21)23(24-16-29-25-6-4-3-5-22(24)25)15-30-26(33)17-31-27(34)19-7-11-20(28)12-8-19/h3-14,16,23,29H,15,17H2,1-2H3,(H,30,33)(H,31,34)/t23-/m1/s1. The first-order valence-electron chi connectivity index (χ1n) is 11.1. The Hall–Kier alpha value is -3.58. The number of amides is 2. The van der Waals surface area contributed by atoms with Gasteiger partial charge in [-0.1, -0.05) is 46.3 Å². The molecule has 0 spiro atoms. The zero-order valence-corrected chi connectivity index (χ0v) is 20.7. The van der Waals surface area contributed by atoms with E-state index >= 15 is 0 Å². The number of benzene rings is 3. The molecule has 1 atom stereocenters. The number of carbonyl (C=O) groups is 2. The van der Waals surface area contributed by atoms with Gasteiger partial charge in [0, 0.05) is 59.4 Å². The van der Waals surface area contributed by atoms with E-state index in [1.807, 2.05) is 38.5 Å². The van der Waals surface area contributed by atoms with Crippen LogP contribution >= 0.6 is 15.9 Å². The van der Waals surface area contributed by atoms with Crippen LogP contribution in [0.15, 0.2) is 83.5 Å². The highest BCUT2D eigenvalue weighted by Gasteiger charge is 2.19. The molecule has 34 heavy (non-hydrogen) atoms. The average Bonchev–Trinajstić information content (AvgIpc) is 3.27. The minimum atomic E-state index is -0.282. The first kappa shape index (κ1) is 23.6. The van der Waals surface area contributed by atoms with Crippen LogP contribution in [-0.4, -0.2) is 44.0 Å². The molecule has 1 aromatic heterocycles. The van der Waals surface area contributed by atoms with Crippen LogP contribution in [0.4, 0.5) is 5.69 Å². The number of hydrogen-bond donors (Lipinski definition) is 3. The molecule has 3 aromatic carbocycles. The molecule has 3 N–H and O–H groups in total. The summed E-state index contributed by atoms with van der Waals surface area (Å²) in [4.78, 5) is 30.3. The van der Waals surface area contributed by atoms with Crippen molar-refractivity contribution in [3.05, 3.63) is 100 Å². The van der Waals surface area contributed by atoms with Gasteiger partial charge in [0.15, 0.2) is 0 Å². The van der Waals surface area contributed by atoms with E-state index in [0.717, 1.165) is 32.2 Å². The molecule has 0 fully saturated rings. The van der Waals surface area contributed by atoms with Crippen LogP contribution in [0.5, 0.6) is 0 Å². The Kier molecular flexibility index (Phi) is 7.33. The van der Waals surface area contributed by atoms with Gasteiger partial charge in [-0.3, -0.25) is 9.59 Å². The van der Waals surface area contributed by atoms with Crippen molar-refractivity contribution in [2.24, 2.45) is 0 Å². The third-order valence-corrected chi connectivity index (χ3v) is 6.36. The van der Waals surface area contributed by atoms with Crippen molar-refractivity contribution in [2.45, 2.75) is 5.92 Å². The van der Waals surface area contributed by atoms with Gasteiger partial charge in [0.1, 0.15) is 0 Å². The lowest BCUT2D eigenvalue weighted by atomic mass is 9.90. The number of aromatic amines is 1. The van der Waals surface area contributed by atoms with Crippen molar-refractivity contribution < 1.29 is 9.59 Å². The maximum atomic E-state index is 12.6. The predicted octanol–water partition coefficient (Wildman–Crippen LogP) is 4.67. The summed E-state index contributed by atoms with van der Waals surface area (Å²) in [6.07, 6.45) is 2.01. The molecule has 2 amide bonds. The number of H-pyrrole nitrogens is 1. The van der Waals surface area contributed by atoms with Crippen LogP contribution in [-0.2, 0) is 4.79 Å². The summed E-state index contributed by atoms with van der Waals surface area (Å²) in [6, 6.07) is 23.5. The van der Waals surface area contributed by atoms with Gasteiger partial charge in [-0.15, -0.1) is 0 Å². The molecule has 1 heterocycles. The minimum absolute atomic E-state index is 0.0431. The highest BCUT2D eigenvalue weighted by molar-refractivity contribution is 9.10. The Morgan fingerprint density at radius 2 is 1.65 bits per heavy atom. The molecular formula is C27H27BrN4O2. The molecule has 0 aliphatic heterocycles. The molecule has 0 saturated carbocycles. The van der Waals surface area contributed by atoms with Gasteiger partial charge in [-0.25, -0.2) is 0 Å². The van der Waals surface area contributed by atoms with Gasteiger partial charge >= 0.3 is 0 Å². The Bertz CT molecular complexity index is 1280. The first-order chi connectivity index (χ1) is 16.4. The summed E-state index contributed by atoms with van der Waals surface area (Å²) < 4.78 is 0.892. The number of halogens is 1. The number of carbonyl (C=O) groups excluding carboxylic acids is 2. The molecule has 174 valence electrons. The summed E-state index contributed by atoms with van der Waals surface area (Å²) >= 11 is 3.35. The van der Waals surface area contributed by atoms with Crippen molar-refractivity contribution in [3.8, 4) is 0 Å². The molecule has 0 saturated heterocycles. The largest absolute Gasteiger partial charge is 0.378 e. The van der Waals surface area contributed by atoms with Gasteiger partial charge in [0.25, 0.3) is 5.91 Å². The molecule has 6 nitrogen and oxygen atoms in total. The van der Waals surface area contributed by atoms with Crippen molar-refractivity contribution >= 4 is 44.3 Å². The number of anilines is 1. The molecule has 4 rings (SSSR count). The summed E-state index contributed by atoms with van der Waals surface area (Å²) in [5, 5.41) is 6.82. The molecule has 0 aliphatic rings. The molecule has 0 bridgehead atoms. The topological polar surface area (TPSA) is 77.2 Å². The smallest absolute Gasteiger partial charge is 0.251 e. The number of rotatable bonds is 8. The van der Waals surface area contributed by atoms with E-state index < -0.39 is 0 Å². The maximum absolute atomic E-state index is 12.6. The Morgan fingerprint density at radius 3 is 2.35 bits per heavy atom. The second-order valence-electron chi connectivity index (χ2n) is 8.32. The van der Waals surface area contributed by atoms with Gasteiger partial charge in [0.05, 0.1) is 6.54 Å². The van der Waals surface area contributed by atoms with E-state index in [1.165, 1.54) is 0 Å². The lowest BCUT2D eigenvalue weighted by molar-refractivity contribution is -0.120.